The molecular weight excluding hydrogens is 264 g/mol. The standard InChI is InChI=1S/C17H20N2O2/c1-21-16-10-5-9-15(13-16)19(12-6-11-18)17(20)14-7-3-2-4-8-14/h2-5,7-10,13H,6,11-12,18H2,1H3. The van der Waals surface area contributed by atoms with Crippen LogP contribution in [0.4, 0.5) is 5.69 Å². The van der Waals surface area contributed by atoms with E-state index in [1.807, 2.05) is 54.6 Å². The quantitative estimate of drug-likeness (QED) is 0.887. The molecule has 0 fully saturated rings. The van der Waals surface area contributed by atoms with E-state index in [0.29, 0.717) is 18.7 Å². The number of amides is 1. The maximum Gasteiger partial charge on any atom is 0.258 e. The second-order valence-electron chi connectivity index (χ2n) is 4.67. The maximum atomic E-state index is 12.7. The maximum absolute atomic E-state index is 12.7. The summed E-state index contributed by atoms with van der Waals surface area (Å²) in [6.45, 7) is 1.12. The smallest absolute Gasteiger partial charge is 0.258 e. The monoisotopic (exact) mass is 284 g/mol. The highest BCUT2D eigenvalue weighted by molar-refractivity contribution is 6.06. The van der Waals surface area contributed by atoms with Gasteiger partial charge in [0.05, 0.1) is 7.11 Å². The summed E-state index contributed by atoms with van der Waals surface area (Å²) in [5, 5.41) is 0. The van der Waals surface area contributed by atoms with Gasteiger partial charge in [-0.3, -0.25) is 4.79 Å². The first-order valence-electron chi connectivity index (χ1n) is 6.97. The number of hydrogen-bond acceptors (Lipinski definition) is 3. The molecule has 0 aliphatic rings. The van der Waals surface area contributed by atoms with Crippen molar-refractivity contribution in [3.63, 3.8) is 0 Å². The van der Waals surface area contributed by atoms with Crippen LogP contribution in [0.25, 0.3) is 0 Å². The minimum atomic E-state index is -0.0303. The summed E-state index contributed by atoms with van der Waals surface area (Å²) < 4.78 is 5.23. The normalized spacial score (nSPS) is 10.2. The van der Waals surface area contributed by atoms with E-state index >= 15 is 0 Å². The van der Waals surface area contributed by atoms with Crippen LogP contribution in [-0.4, -0.2) is 26.1 Å². The number of anilines is 1. The lowest BCUT2D eigenvalue weighted by Crippen LogP contribution is -2.32. The summed E-state index contributed by atoms with van der Waals surface area (Å²) in [5.41, 5.74) is 7.07. The fraction of sp³-hybridized carbons (Fsp3) is 0.235. The molecule has 0 saturated heterocycles. The molecule has 0 spiro atoms. The van der Waals surface area contributed by atoms with Crippen molar-refractivity contribution in [1.82, 2.24) is 0 Å². The molecule has 0 aliphatic heterocycles. The summed E-state index contributed by atoms with van der Waals surface area (Å²) in [5.74, 6) is 0.698. The van der Waals surface area contributed by atoms with Crippen molar-refractivity contribution in [1.29, 1.82) is 0 Å². The molecule has 0 saturated carbocycles. The Kier molecular flexibility index (Phi) is 5.35. The summed E-state index contributed by atoms with van der Waals surface area (Å²) >= 11 is 0. The highest BCUT2D eigenvalue weighted by Crippen LogP contribution is 2.23. The molecule has 110 valence electrons. The highest BCUT2D eigenvalue weighted by Gasteiger charge is 2.17. The molecule has 0 heterocycles. The van der Waals surface area contributed by atoms with Crippen molar-refractivity contribution in [3.8, 4) is 5.75 Å². The molecule has 1 amide bonds. The number of carbonyl (C=O) groups is 1. The Hall–Kier alpha value is -2.33. The second-order valence-corrected chi connectivity index (χ2v) is 4.67. The fourth-order valence-corrected chi connectivity index (χ4v) is 2.11. The number of ether oxygens (including phenoxy) is 1. The first-order chi connectivity index (χ1) is 10.3. The molecule has 2 N–H and O–H groups in total. The lowest BCUT2D eigenvalue weighted by Gasteiger charge is -2.23. The Labute approximate surface area is 125 Å². The third kappa shape index (κ3) is 3.83. The fourth-order valence-electron chi connectivity index (χ4n) is 2.11. The van der Waals surface area contributed by atoms with E-state index in [4.69, 9.17) is 10.5 Å². The summed E-state index contributed by atoms with van der Waals surface area (Å²) in [6.07, 6.45) is 0.746. The van der Waals surface area contributed by atoms with Crippen LogP contribution in [0.15, 0.2) is 54.6 Å². The van der Waals surface area contributed by atoms with Crippen molar-refractivity contribution in [2.45, 2.75) is 6.42 Å². The zero-order valence-corrected chi connectivity index (χ0v) is 12.2. The van der Waals surface area contributed by atoms with Gasteiger partial charge in [-0.1, -0.05) is 24.3 Å². The summed E-state index contributed by atoms with van der Waals surface area (Å²) in [6, 6.07) is 16.7. The molecule has 4 nitrogen and oxygen atoms in total. The third-order valence-corrected chi connectivity index (χ3v) is 3.22. The number of benzene rings is 2. The average Bonchev–Trinajstić information content (AvgIpc) is 2.56. The van der Waals surface area contributed by atoms with E-state index in [9.17, 15) is 4.79 Å². The molecule has 0 aliphatic carbocycles. The van der Waals surface area contributed by atoms with Crippen LogP contribution in [0, 0.1) is 0 Å². The minimum Gasteiger partial charge on any atom is -0.497 e. The van der Waals surface area contributed by atoms with Gasteiger partial charge in [-0.15, -0.1) is 0 Å². The van der Waals surface area contributed by atoms with Gasteiger partial charge in [-0.2, -0.15) is 0 Å². The number of nitrogens with zero attached hydrogens (tertiary/aromatic N) is 1. The van der Waals surface area contributed by atoms with Crippen LogP contribution >= 0.6 is 0 Å². The molecule has 0 unspecified atom stereocenters. The van der Waals surface area contributed by atoms with Crippen molar-refractivity contribution in [3.05, 3.63) is 60.2 Å². The molecule has 4 heteroatoms. The van der Waals surface area contributed by atoms with Gasteiger partial charge in [0, 0.05) is 23.9 Å². The topological polar surface area (TPSA) is 55.6 Å². The molecule has 21 heavy (non-hydrogen) atoms. The van der Waals surface area contributed by atoms with Crippen molar-refractivity contribution >= 4 is 11.6 Å². The Morgan fingerprint density at radius 2 is 1.90 bits per heavy atom. The zero-order chi connectivity index (χ0) is 15.1. The van der Waals surface area contributed by atoms with Gasteiger partial charge < -0.3 is 15.4 Å². The van der Waals surface area contributed by atoms with Crippen molar-refractivity contribution in [2.24, 2.45) is 5.73 Å². The minimum absolute atomic E-state index is 0.0303. The van der Waals surface area contributed by atoms with Gasteiger partial charge in [0.25, 0.3) is 5.91 Å². The Bertz CT molecular complexity index is 584. The molecule has 2 aromatic carbocycles. The largest absolute Gasteiger partial charge is 0.497 e. The highest BCUT2D eigenvalue weighted by atomic mass is 16.5. The zero-order valence-electron chi connectivity index (χ0n) is 12.2. The number of nitrogens with two attached hydrogens (primary N) is 1. The molecular formula is C17H20N2O2. The molecule has 2 rings (SSSR count). The number of rotatable bonds is 6. The van der Waals surface area contributed by atoms with Crippen molar-refractivity contribution in [2.75, 3.05) is 25.1 Å². The summed E-state index contributed by atoms with van der Waals surface area (Å²) in [4.78, 5) is 14.4. The number of carbonyl (C=O) groups excluding carboxylic acids is 1. The van der Waals surface area contributed by atoms with Crippen LogP contribution in [0.3, 0.4) is 0 Å². The van der Waals surface area contributed by atoms with Crippen LogP contribution < -0.4 is 15.4 Å². The Balaban J connectivity index is 2.31. The molecule has 0 aromatic heterocycles. The van der Waals surface area contributed by atoms with Gasteiger partial charge in [0.1, 0.15) is 5.75 Å². The van der Waals surface area contributed by atoms with Crippen LogP contribution in [0.2, 0.25) is 0 Å². The van der Waals surface area contributed by atoms with E-state index in [-0.39, 0.29) is 5.91 Å². The third-order valence-electron chi connectivity index (χ3n) is 3.22. The number of hydrogen-bond donors (Lipinski definition) is 1. The molecule has 2 aromatic rings. The van der Waals surface area contributed by atoms with Crippen LogP contribution in [0.5, 0.6) is 5.75 Å². The van der Waals surface area contributed by atoms with Gasteiger partial charge in [0.15, 0.2) is 0 Å². The SMILES string of the molecule is COc1cccc(N(CCCN)C(=O)c2ccccc2)c1. The predicted octanol–water partition coefficient (Wildman–Crippen LogP) is 2.69. The molecule has 0 radical (unpaired) electrons. The van der Waals surface area contributed by atoms with E-state index in [1.165, 1.54) is 0 Å². The predicted molar refractivity (Wildman–Crippen MR) is 84.8 cm³/mol. The van der Waals surface area contributed by atoms with Gasteiger partial charge in [-0.25, -0.2) is 0 Å². The van der Waals surface area contributed by atoms with E-state index in [2.05, 4.69) is 0 Å². The van der Waals surface area contributed by atoms with E-state index in [0.717, 1.165) is 17.9 Å². The van der Waals surface area contributed by atoms with E-state index < -0.39 is 0 Å². The second kappa shape index (κ2) is 7.45. The first-order valence-corrected chi connectivity index (χ1v) is 6.97. The van der Waals surface area contributed by atoms with Crippen LogP contribution in [-0.2, 0) is 0 Å². The lowest BCUT2D eigenvalue weighted by atomic mass is 10.1. The van der Waals surface area contributed by atoms with Crippen molar-refractivity contribution < 1.29 is 9.53 Å². The average molecular weight is 284 g/mol. The van der Waals surface area contributed by atoms with Gasteiger partial charge >= 0.3 is 0 Å². The number of methoxy groups -OCH3 is 1. The summed E-state index contributed by atoms with van der Waals surface area (Å²) in [7, 11) is 1.61. The molecule has 0 atom stereocenters. The Morgan fingerprint density at radius 3 is 2.57 bits per heavy atom. The van der Waals surface area contributed by atoms with Gasteiger partial charge in [0.2, 0.25) is 0 Å². The van der Waals surface area contributed by atoms with E-state index in [1.54, 1.807) is 12.0 Å². The Morgan fingerprint density at radius 1 is 1.14 bits per heavy atom. The van der Waals surface area contributed by atoms with Crippen LogP contribution in [0.1, 0.15) is 16.8 Å². The lowest BCUT2D eigenvalue weighted by molar-refractivity contribution is 0.0987. The first kappa shape index (κ1) is 15.1. The van der Waals surface area contributed by atoms with Gasteiger partial charge in [-0.05, 0) is 37.2 Å². The molecule has 0 bridgehead atoms.